The lowest BCUT2D eigenvalue weighted by Gasteiger charge is -2.14. The second-order valence-corrected chi connectivity index (χ2v) is 7.52. The molecule has 1 unspecified atom stereocenters. The molecule has 0 saturated carbocycles. The molecule has 0 aliphatic heterocycles. The number of nitrogens with one attached hydrogen (secondary N) is 2. The van der Waals surface area contributed by atoms with Gasteiger partial charge in [-0.05, 0) is 49.6 Å². The van der Waals surface area contributed by atoms with E-state index in [0.29, 0.717) is 35.5 Å². The van der Waals surface area contributed by atoms with E-state index in [9.17, 15) is 9.59 Å². The number of rotatable bonds is 8. The van der Waals surface area contributed by atoms with Crippen LogP contribution in [0.5, 0.6) is 0 Å². The smallest absolute Gasteiger partial charge is 0.313 e. The van der Waals surface area contributed by atoms with Crippen molar-refractivity contribution in [2.45, 2.75) is 33.2 Å². The van der Waals surface area contributed by atoms with E-state index < -0.39 is 0 Å². The summed E-state index contributed by atoms with van der Waals surface area (Å²) >= 11 is 0. The third-order valence-electron chi connectivity index (χ3n) is 5.27. The minimum Gasteiger partial charge on any atom is -0.365 e. The van der Waals surface area contributed by atoms with Crippen LogP contribution in [0.2, 0.25) is 0 Å². The van der Waals surface area contributed by atoms with E-state index in [1.165, 1.54) is 15.0 Å². The van der Waals surface area contributed by atoms with Crippen molar-refractivity contribution in [3.63, 3.8) is 0 Å². The van der Waals surface area contributed by atoms with Crippen LogP contribution in [0.1, 0.15) is 35.5 Å². The predicted octanol–water partition coefficient (Wildman–Crippen LogP) is 1.77. The van der Waals surface area contributed by atoms with Crippen LogP contribution in [0, 0.1) is 13.8 Å². The highest BCUT2D eigenvalue weighted by Gasteiger charge is 2.18. The van der Waals surface area contributed by atoms with Crippen LogP contribution >= 0.6 is 0 Å². The predicted molar refractivity (Wildman–Crippen MR) is 120 cm³/mol. The van der Waals surface area contributed by atoms with Crippen LogP contribution < -0.4 is 16.2 Å². The van der Waals surface area contributed by atoms with E-state index in [-0.39, 0.29) is 17.4 Å². The summed E-state index contributed by atoms with van der Waals surface area (Å²) < 4.78 is 1.40. The van der Waals surface area contributed by atoms with E-state index in [1.807, 2.05) is 50.2 Å². The topological polar surface area (TPSA) is 120 Å². The first-order chi connectivity index (χ1) is 15.5. The van der Waals surface area contributed by atoms with E-state index in [4.69, 9.17) is 0 Å². The van der Waals surface area contributed by atoms with Crippen molar-refractivity contribution < 1.29 is 4.79 Å². The molecule has 0 aliphatic carbocycles. The number of aromatic nitrogens is 6. The maximum atomic E-state index is 13.2. The van der Waals surface area contributed by atoms with Gasteiger partial charge < -0.3 is 10.6 Å². The van der Waals surface area contributed by atoms with Crippen molar-refractivity contribution in [2.24, 2.45) is 0 Å². The molecule has 0 saturated heterocycles. The first kappa shape index (κ1) is 21.2. The summed E-state index contributed by atoms with van der Waals surface area (Å²) in [5.74, 6) is 0.229. The third kappa shape index (κ3) is 4.07. The van der Waals surface area contributed by atoms with Crippen LogP contribution in [0.25, 0.3) is 11.2 Å². The van der Waals surface area contributed by atoms with Crippen molar-refractivity contribution in [3.05, 3.63) is 75.5 Å². The van der Waals surface area contributed by atoms with Crippen LogP contribution in [-0.2, 0) is 11.2 Å². The molecule has 4 aromatic rings. The summed E-state index contributed by atoms with van der Waals surface area (Å²) in [5.41, 5.74) is 3.92. The molecule has 0 aliphatic rings. The minimum atomic E-state index is -0.343. The molecule has 0 bridgehead atoms. The molecule has 1 amide bonds. The Morgan fingerprint density at radius 2 is 1.97 bits per heavy atom. The Hall–Kier alpha value is -4.08. The molecule has 32 heavy (non-hydrogen) atoms. The molecule has 0 radical (unpaired) electrons. The molecule has 10 nitrogen and oxygen atoms in total. The number of pyridine rings is 1. The monoisotopic (exact) mass is 432 g/mol. The number of nitrogens with zero attached hydrogens (tertiary/aromatic N) is 6. The van der Waals surface area contributed by atoms with Gasteiger partial charge in [0.2, 0.25) is 12.1 Å². The third-order valence-corrected chi connectivity index (χ3v) is 5.27. The molecule has 1 aromatic carbocycles. The minimum absolute atomic E-state index is 0.222. The fourth-order valence-electron chi connectivity index (χ4n) is 3.57. The van der Waals surface area contributed by atoms with Crippen LogP contribution in [-0.4, -0.2) is 42.7 Å². The maximum absolute atomic E-state index is 13.2. The largest absolute Gasteiger partial charge is 0.365 e. The second-order valence-electron chi connectivity index (χ2n) is 7.52. The normalized spacial score (nSPS) is 12.0. The summed E-state index contributed by atoms with van der Waals surface area (Å²) in [7, 11) is 0. The molecule has 2 N–H and O–H groups in total. The Labute approximate surface area is 184 Å². The average molecular weight is 432 g/mol. The fourth-order valence-corrected chi connectivity index (χ4v) is 3.57. The molecule has 0 fully saturated rings. The number of benzene rings is 1. The Morgan fingerprint density at radius 3 is 2.72 bits per heavy atom. The summed E-state index contributed by atoms with van der Waals surface area (Å²) in [5, 5.41) is 14.2. The van der Waals surface area contributed by atoms with Crippen molar-refractivity contribution in [1.82, 2.24) is 35.1 Å². The number of carbonyl (C=O) groups is 1. The van der Waals surface area contributed by atoms with Gasteiger partial charge in [-0.1, -0.05) is 30.3 Å². The lowest BCUT2D eigenvalue weighted by Crippen LogP contribution is -2.32. The van der Waals surface area contributed by atoms with Gasteiger partial charge in [0.25, 0.3) is 0 Å². The molecule has 4 rings (SSSR count). The Balaban J connectivity index is 1.67. The van der Waals surface area contributed by atoms with Crippen LogP contribution in [0.4, 0.5) is 5.82 Å². The zero-order valence-electron chi connectivity index (χ0n) is 18.1. The van der Waals surface area contributed by atoms with E-state index >= 15 is 0 Å². The van der Waals surface area contributed by atoms with Crippen LogP contribution in [0.3, 0.4) is 0 Å². The van der Waals surface area contributed by atoms with Gasteiger partial charge in [0.05, 0.1) is 17.9 Å². The van der Waals surface area contributed by atoms with E-state index in [1.54, 1.807) is 13.1 Å². The highest BCUT2D eigenvalue weighted by atomic mass is 16.1. The Kier molecular flexibility index (Phi) is 5.93. The van der Waals surface area contributed by atoms with Gasteiger partial charge in [0.1, 0.15) is 5.52 Å². The van der Waals surface area contributed by atoms with Gasteiger partial charge in [-0.15, -0.1) is 9.89 Å². The van der Waals surface area contributed by atoms with Gasteiger partial charge in [-0.2, -0.15) is 4.68 Å². The van der Waals surface area contributed by atoms with E-state index in [0.717, 1.165) is 12.0 Å². The zero-order valence-corrected chi connectivity index (χ0v) is 18.1. The van der Waals surface area contributed by atoms with Crippen molar-refractivity contribution in [3.8, 4) is 0 Å². The van der Waals surface area contributed by atoms with Gasteiger partial charge in [-0.25, -0.2) is 9.97 Å². The highest BCUT2D eigenvalue weighted by Crippen LogP contribution is 2.20. The first-order valence-electron chi connectivity index (χ1n) is 10.3. The zero-order chi connectivity index (χ0) is 22.7. The Bertz CT molecular complexity index is 1310. The number of amides is 1. The molecule has 164 valence electrons. The maximum Gasteiger partial charge on any atom is 0.313 e. The number of fused-ring (bicyclic) bond motifs is 1. The number of aryl methyl sites for hydroxylation is 2. The molecule has 3 heterocycles. The SMILES string of the molecule is Cc1nc2c(cc1C(C)NC=O)nnn2-n1c(C)cnc(NCCc2ccccc2)c1=O. The summed E-state index contributed by atoms with van der Waals surface area (Å²) in [6, 6.07) is 11.6. The summed E-state index contributed by atoms with van der Waals surface area (Å²) in [4.78, 5) is 34.3. The number of anilines is 1. The number of carbonyl (C=O) groups excluding carboxylic acids is 1. The lowest BCUT2D eigenvalue weighted by molar-refractivity contribution is -0.110. The van der Waals surface area contributed by atoms with Crippen molar-refractivity contribution in [1.29, 1.82) is 0 Å². The molecular weight excluding hydrogens is 408 g/mol. The molecule has 1 atom stereocenters. The fraction of sp³-hybridized carbons (Fsp3) is 0.273. The van der Waals surface area contributed by atoms with Crippen LogP contribution in [0.15, 0.2) is 47.4 Å². The van der Waals surface area contributed by atoms with Gasteiger partial charge in [-0.3, -0.25) is 9.59 Å². The molecule has 0 spiro atoms. The molecule has 3 aromatic heterocycles. The summed E-state index contributed by atoms with van der Waals surface area (Å²) in [6.45, 7) is 6.04. The van der Waals surface area contributed by atoms with E-state index in [2.05, 4.69) is 30.9 Å². The first-order valence-corrected chi connectivity index (χ1v) is 10.3. The lowest BCUT2D eigenvalue weighted by atomic mass is 10.1. The quantitative estimate of drug-likeness (QED) is 0.407. The Morgan fingerprint density at radius 1 is 1.19 bits per heavy atom. The highest BCUT2D eigenvalue weighted by molar-refractivity contribution is 5.71. The number of hydrogen-bond donors (Lipinski definition) is 2. The standard InChI is InChI=1S/C22H24N8O2/c1-14-12-24-20(23-10-9-17-7-5-4-6-8-17)22(32)29(14)30-21-19(27-28-30)11-18(16(3)26-21)15(2)25-13-31/h4-8,11-13,15H,9-10H2,1-3H3,(H,23,24)(H,25,31). The van der Waals surface area contributed by atoms with Gasteiger partial charge >= 0.3 is 5.56 Å². The molecular formula is C22H24N8O2. The second kappa shape index (κ2) is 8.96. The van der Waals surface area contributed by atoms with Crippen molar-refractivity contribution >= 4 is 23.4 Å². The number of hydrogen-bond acceptors (Lipinski definition) is 7. The van der Waals surface area contributed by atoms with Gasteiger partial charge in [0, 0.05) is 12.2 Å². The van der Waals surface area contributed by atoms with Gasteiger partial charge in [0.15, 0.2) is 5.82 Å². The molecule has 10 heteroatoms. The summed E-state index contributed by atoms with van der Waals surface area (Å²) in [6.07, 6.45) is 3.02. The van der Waals surface area contributed by atoms with Crippen molar-refractivity contribution in [2.75, 3.05) is 11.9 Å². The average Bonchev–Trinajstić information content (AvgIpc) is 3.18.